The van der Waals surface area contributed by atoms with Crippen LogP contribution >= 0.6 is 0 Å². The Hall–Kier alpha value is -4.16. The number of pyridine rings is 1. The topological polar surface area (TPSA) is 88.3 Å². The van der Waals surface area contributed by atoms with Crippen LogP contribution in [0.1, 0.15) is 56.0 Å². The number of hydrogen-bond acceptors (Lipinski definition) is 6. The second-order valence-corrected chi connectivity index (χ2v) is 11.8. The number of aliphatic hydroxyl groups is 1. The molecule has 1 unspecified atom stereocenters. The number of ether oxygens (including phenoxy) is 2. The number of rotatable bonds is 10. The molecule has 1 atom stereocenters. The Morgan fingerprint density at radius 1 is 1.16 bits per heavy atom. The highest BCUT2D eigenvalue weighted by Gasteiger charge is 2.29. The summed E-state index contributed by atoms with van der Waals surface area (Å²) in [5, 5.41) is 14.0. The standard InChI is InChI=1S/C32H34F4N4O4/c1-18-12-19(8-10-23(18)30(41)38-21-6-5-7-21)26-15-37-29-25(40(17-28(35)36)31(42)44-32(2,3)4)14-22(16-39(26)29)43-27-13-20(33)9-11-24(27)34/h8-16,21,28,31,42H,5-7,17H2,1-4H3,(H,38,41). The summed E-state index contributed by atoms with van der Waals surface area (Å²) in [6.45, 7) is 5.84. The highest BCUT2D eigenvalue weighted by molar-refractivity contribution is 5.96. The molecule has 2 aromatic heterocycles. The van der Waals surface area contributed by atoms with E-state index < -0.39 is 42.4 Å². The number of hydrogen-bond donors (Lipinski definition) is 2. The van der Waals surface area contributed by atoms with Gasteiger partial charge in [-0.3, -0.25) is 9.20 Å². The van der Waals surface area contributed by atoms with Gasteiger partial charge in [0.15, 0.2) is 17.2 Å². The lowest BCUT2D eigenvalue weighted by Crippen LogP contribution is -2.44. The van der Waals surface area contributed by atoms with E-state index in [9.17, 15) is 27.5 Å². The number of nitrogens with one attached hydrogen (secondary N) is 1. The van der Waals surface area contributed by atoms with Gasteiger partial charge in [0.25, 0.3) is 12.3 Å². The predicted molar refractivity (Wildman–Crippen MR) is 157 cm³/mol. The van der Waals surface area contributed by atoms with Crippen LogP contribution in [0.2, 0.25) is 0 Å². The van der Waals surface area contributed by atoms with E-state index in [0.29, 0.717) is 22.4 Å². The maximum atomic E-state index is 14.5. The van der Waals surface area contributed by atoms with Crippen molar-refractivity contribution in [1.29, 1.82) is 0 Å². The summed E-state index contributed by atoms with van der Waals surface area (Å²) in [6, 6.07) is 9.41. The van der Waals surface area contributed by atoms with Gasteiger partial charge in [0.1, 0.15) is 11.6 Å². The van der Waals surface area contributed by atoms with Crippen LogP contribution in [-0.4, -0.2) is 51.4 Å². The van der Waals surface area contributed by atoms with Gasteiger partial charge in [-0.2, -0.15) is 0 Å². The van der Waals surface area contributed by atoms with Crippen molar-refractivity contribution in [3.8, 4) is 22.8 Å². The van der Waals surface area contributed by atoms with Crippen LogP contribution in [0.25, 0.3) is 16.9 Å². The van der Waals surface area contributed by atoms with Gasteiger partial charge in [-0.05, 0) is 76.8 Å². The number of carbonyl (C=O) groups is 1. The van der Waals surface area contributed by atoms with Crippen molar-refractivity contribution in [2.45, 2.75) is 71.4 Å². The van der Waals surface area contributed by atoms with Gasteiger partial charge in [-0.25, -0.2) is 22.5 Å². The number of nitrogens with zero attached hydrogens (tertiary/aromatic N) is 3. The molecule has 8 nitrogen and oxygen atoms in total. The molecular formula is C32H34F4N4O4. The van der Waals surface area contributed by atoms with Crippen LogP contribution in [0.15, 0.2) is 54.9 Å². The Labute approximate surface area is 252 Å². The van der Waals surface area contributed by atoms with E-state index in [1.165, 1.54) is 22.9 Å². The molecule has 0 spiro atoms. The van der Waals surface area contributed by atoms with Gasteiger partial charge in [0.2, 0.25) is 6.41 Å². The van der Waals surface area contributed by atoms with Crippen molar-refractivity contribution in [3.63, 3.8) is 0 Å². The summed E-state index contributed by atoms with van der Waals surface area (Å²) in [7, 11) is 0. The normalized spacial score (nSPS) is 14.5. The summed E-state index contributed by atoms with van der Waals surface area (Å²) in [5.74, 6) is -2.22. The Morgan fingerprint density at radius 2 is 1.91 bits per heavy atom. The van der Waals surface area contributed by atoms with Crippen LogP contribution in [0.5, 0.6) is 11.5 Å². The maximum Gasteiger partial charge on any atom is 0.256 e. The van der Waals surface area contributed by atoms with Crippen molar-refractivity contribution in [2.75, 3.05) is 11.4 Å². The number of aromatic nitrogens is 2. The smallest absolute Gasteiger partial charge is 0.256 e. The third-order valence-electron chi connectivity index (χ3n) is 7.26. The maximum absolute atomic E-state index is 14.5. The lowest BCUT2D eigenvalue weighted by atomic mass is 9.92. The van der Waals surface area contributed by atoms with Gasteiger partial charge >= 0.3 is 0 Å². The molecule has 1 fully saturated rings. The average molecular weight is 615 g/mol. The molecule has 2 N–H and O–H groups in total. The molecule has 2 heterocycles. The number of aliphatic hydroxyl groups excluding tert-OH is 1. The molecule has 0 aliphatic heterocycles. The Morgan fingerprint density at radius 3 is 2.55 bits per heavy atom. The first-order valence-electron chi connectivity index (χ1n) is 14.3. The number of benzene rings is 2. The average Bonchev–Trinajstić information content (AvgIpc) is 3.34. The molecule has 234 valence electrons. The lowest BCUT2D eigenvalue weighted by Gasteiger charge is -2.34. The summed E-state index contributed by atoms with van der Waals surface area (Å²) in [5.41, 5.74) is 1.61. The van der Waals surface area contributed by atoms with Crippen LogP contribution in [0.4, 0.5) is 23.2 Å². The summed E-state index contributed by atoms with van der Waals surface area (Å²) in [4.78, 5) is 18.2. The zero-order valence-corrected chi connectivity index (χ0v) is 24.8. The van der Waals surface area contributed by atoms with Crippen LogP contribution in [0, 0.1) is 18.6 Å². The molecule has 0 bridgehead atoms. The molecule has 1 aliphatic rings. The number of aryl methyl sites for hydroxylation is 1. The van der Waals surface area contributed by atoms with Crippen molar-refractivity contribution in [1.82, 2.24) is 14.7 Å². The van der Waals surface area contributed by atoms with Gasteiger partial charge in [0.05, 0.1) is 35.9 Å². The van der Waals surface area contributed by atoms with Crippen LogP contribution in [0.3, 0.4) is 0 Å². The van der Waals surface area contributed by atoms with Crippen molar-refractivity contribution >= 4 is 17.2 Å². The van der Waals surface area contributed by atoms with Crippen LogP contribution in [-0.2, 0) is 4.74 Å². The Kier molecular flexibility index (Phi) is 8.85. The molecule has 44 heavy (non-hydrogen) atoms. The molecule has 5 rings (SSSR count). The zero-order valence-electron chi connectivity index (χ0n) is 24.8. The highest BCUT2D eigenvalue weighted by Crippen LogP contribution is 2.36. The molecule has 1 saturated carbocycles. The van der Waals surface area contributed by atoms with Crippen molar-refractivity contribution in [3.05, 3.63) is 77.6 Å². The number of alkyl halides is 2. The second-order valence-electron chi connectivity index (χ2n) is 11.8. The van der Waals surface area contributed by atoms with Gasteiger partial charge in [0, 0.05) is 29.3 Å². The SMILES string of the molecule is Cc1cc(-c2cnc3c(N(CC(F)F)C(O)OC(C)(C)C)cc(Oc4cc(F)ccc4F)cn23)ccc1C(=O)NC1CCC1. The van der Waals surface area contributed by atoms with Gasteiger partial charge in [-0.15, -0.1) is 0 Å². The summed E-state index contributed by atoms with van der Waals surface area (Å²) < 4.78 is 69.0. The third kappa shape index (κ3) is 6.97. The second kappa shape index (κ2) is 12.4. The minimum atomic E-state index is -2.88. The Bertz CT molecular complexity index is 1670. The predicted octanol–water partition coefficient (Wildman–Crippen LogP) is 6.83. The molecule has 4 aromatic rings. The fourth-order valence-corrected chi connectivity index (χ4v) is 4.94. The first-order chi connectivity index (χ1) is 20.8. The molecule has 0 radical (unpaired) electrons. The van der Waals surface area contributed by atoms with Gasteiger partial charge < -0.3 is 24.8 Å². The molecule has 1 aliphatic carbocycles. The fraction of sp³-hybridized carbons (Fsp3) is 0.375. The number of imidazole rings is 1. The van der Waals surface area contributed by atoms with E-state index in [0.717, 1.165) is 42.4 Å². The first kappa shape index (κ1) is 31.3. The zero-order chi connectivity index (χ0) is 31.8. The quantitative estimate of drug-likeness (QED) is 0.151. The first-order valence-corrected chi connectivity index (χ1v) is 14.3. The van der Waals surface area contributed by atoms with Crippen LogP contribution < -0.4 is 15.0 Å². The van der Waals surface area contributed by atoms with E-state index in [4.69, 9.17) is 9.47 Å². The van der Waals surface area contributed by atoms with E-state index in [1.807, 2.05) is 0 Å². The van der Waals surface area contributed by atoms with E-state index >= 15 is 0 Å². The van der Waals surface area contributed by atoms with E-state index in [2.05, 4.69) is 10.3 Å². The highest BCUT2D eigenvalue weighted by atomic mass is 19.3. The number of fused-ring (bicyclic) bond motifs is 1. The van der Waals surface area contributed by atoms with E-state index in [-0.39, 0.29) is 29.0 Å². The number of halogens is 4. The minimum Gasteiger partial charge on any atom is -0.453 e. The van der Waals surface area contributed by atoms with E-state index in [1.54, 1.807) is 45.9 Å². The van der Waals surface area contributed by atoms with Gasteiger partial charge in [-0.1, -0.05) is 6.07 Å². The number of anilines is 1. The lowest BCUT2D eigenvalue weighted by molar-refractivity contribution is -0.167. The molecular weight excluding hydrogens is 580 g/mol. The minimum absolute atomic E-state index is 0.00386. The van der Waals surface area contributed by atoms with Crippen molar-refractivity contribution < 1.29 is 36.9 Å². The third-order valence-corrected chi connectivity index (χ3v) is 7.26. The molecule has 1 amide bonds. The number of amides is 1. The summed E-state index contributed by atoms with van der Waals surface area (Å²) in [6.07, 6.45) is 1.26. The molecule has 2 aromatic carbocycles. The molecule has 0 saturated heterocycles. The van der Waals surface area contributed by atoms with Crippen molar-refractivity contribution in [2.24, 2.45) is 0 Å². The molecule has 12 heteroatoms. The summed E-state index contributed by atoms with van der Waals surface area (Å²) >= 11 is 0. The fourth-order valence-electron chi connectivity index (χ4n) is 4.94. The Balaban J connectivity index is 1.62. The monoisotopic (exact) mass is 614 g/mol. The largest absolute Gasteiger partial charge is 0.453 e. The number of carbonyl (C=O) groups excluding carboxylic acids is 1.